The average Bonchev–Trinajstić information content (AvgIpc) is 3.38. The zero-order chi connectivity index (χ0) is 23.8. The lowest BCUT2D eigenvalue weighted by Crippen LogP contribution is -2.47. The Morgan fingerprint density at radius 2 is 2.03 bits per heavy atom. The minimum absolute atomic E-state index is 0.0527. The van der Waals surface area contributed by atoms with Gasteiger partial charge in [-0.1, -0.05) is 35.4 Å². The fourth-order valence-electron chi connectivity index (χ4n) is 3.67. The van der Waals surface area contributed by atoms with Crippen molar-refractivity contribution in [3.63, 3.8) is 0 Å². The Kier molecular flexibility index (Phi) is 7.01. The number of fused-ring (bicyclic) bond motifs is 1. The molecule has 0 saturated carbocycles. The first-order valence-electron chi connectivity index (χ1n) is 9.93. The van der Waals surface area contributed by atoms with Gasteiger partial charge in [-0.05, 0) is 37.1 Å². The Morgan fingerprint density at radius 1 is 1.24 bits per heavy atom. The number of ether oxygens (including phenoxy) is 1. The van der Waals surface area contributed by atoms with Crippen LogP contribution in [0, 0.1) is 5.82 Å². The number of thiazole rings is 1. The van der Waals surface area contributed by atoms with Gasteiger partial charge in [0, 0.05) is 6.54 Å². The number of aromatic nitrogens is 1. The average molecular weight is 532 g/mol. The number of hydrogen-bond donors (Lipinski definition) is 0. The topological polar surface area (TPSA) is 98.0 Å². The third-order valence-electron chi connectivity index (χ3n) is 5.22. The molecule has 0 N–H and O–H groups in total. The molecule has 4 rings (SSSR count). The first kappa shape index (κ1) is 24.0. The number of hydrogen-bond acceptors (Lipinski definition) is 7. The Balaban J connectivity index is 1.77. The molecule has 33 heavy (non-hydrogen) atoms. The van der Waals surface area contributed by atoms with E-state index in [2.05, 4.69) is 4.99 Å². The number of para-hydroxylation sites is 1. The van der Waals surface area contributed by atoms with Gasteiger partial charge in [-0.25, -0.2) is 12.8 Å². The number of amides is 1. The summed E-state index contributed by atoms with van der Waals surface area (Å²) in [7, 11) is -2.74. The van der Waals surface area contributed by atoms with Gasteiger partial charge in [-0.3, -0.25) is 9.59 Å². The maximum Gasteiger partial charge on any atom is 0.325 e. The highest BCUT2D eigenvalue weighted by Crippen LogP contribution is 2.32. The quantitative estimate of drug-likeness (QED) is 0.470. The van der Waals surface area contributed by atoms with Crippen molar-refractivity contribution in [1.82, 2.24) is 8.87 Å². The molecule has 3 heterocycles. The molecule has 176 valence electrons. The first-order valence-corrected chi connectivity index (χ1v) is 13.4. The third kappa shape index (κ3) is 4.76. The first-order chi connectivity index (χ1) is 15.7. The molecule has 1 aromatic carbocycles. The number of methoxy groups -OCH3 is 1. The third-order valence-corrected chi connectivity index (χ3v) is 9.87. The normalized spacial score (nSPS) is 18.0. The summed E-state index contributed by atoms with van der Waals surface area (Å²) in [5, 5.41) is 0. The number of piperidine rings is 1. The van der Waals surface area contributed by atoms with Crippen molar-refractivity contribution in [2.75, 3.05) is 13.7 Å². The summed E-state index contributed by atoms with van der Waals surface area (Å²) in [6, 6.07) is 6.31. The Labute approximate surface area is 201 Å². The number of halogens is 2. The summed E-state index contributed by atoms with van der Waals surface area (Å²) in [5.41, 5.74) is 0.126. The van der Waals surface area contributed by atoms with E-state index in [1.807, 2.05) is 0 Å². The van der Waals surface area contributed by atoms with Crippen LogP contribution in [0.1, 0.15) is 19.3 Å². The lowest BCUT2D eigenvalue weighted by atomic mass is 10.0. The van der Waals surface area contributed by atoms with Crippen LogP contribution in [-0.2, 0) is 30.9 Å². The number of benzene rings is 1. The van der Waals surface area contributed by atoms with Crippen LogP contribution in [0.4, 0.5) is 4.39 Å². The highest BCUT2D eigenvalue weighted by atomic mass is 35.5. The maximum absolute atomic E-state index is 14.5. The summed E-state index contributed by atoms with van der Waals surface area (Å²) in [5.74, 6) is -1.88. The molecular weight excluding hydrogens is 513 g/mol. The molecule has 1 aliphatic heterocycles. The molecule has 1 fully saturated rings. The molecular formula is C20H19ClFN3O5S3. The second kappa shape index (κ2) is 9.63. The van der Waals surface area contributed by atoms with Gasteiger partial charge in [-0.2, -0.15) is 9.30 Å². The Morgan fingerprint density at radius 3 is 2.73 bits per heavy atom. The predicted molar refractivity (Wildman–Crippen MR) is 123 cm³/mol. The van der Waals surface area contributed by atoms with Gasteiger partial charge in [0.15, 0.2) is 4.80 Å². The van der Waals surface area contributed by atoms with Crippen LogP contribution in [0.3, 0.4) is 0 Å². The smallest absolute Gasteiger partial charge is 0.325 e. The van der Waals surface area contributed by atoms with E-state index < -0.39 is 33.8 Å². The molecule has 3 aromatic rings. The lowest BCUT2D eigenvalue weighted by molar-refractivity contribution is -0.141. The number of sulfonamides is 1. The van der Waals surface area contributed by atoms with Gasteiger partial charge in [-0.15, -0.1) is 11.3 Å². The van der Waals surface area contributed by atoms with Gasteiger partial charge >= 0.3 is 5.97 Å². The monoisotopic (exact) mass is 531 g/mol. The Bertz CT molecular complexity index is 1400. The Hall–Kier alpha value is -2.12. The molecule has 0 bridgehead atoms. The summed E-state index contributed by atoms with van der Waals surface area (Å²) >= 11 is 7.87. The van der Waals surface area contributed by atoms with E-state index in [0.717, 1.165) is 27.0 Å². The fourth-order valence-corrected chi connectivity index (χ4v) is 7.98. The van der Waals surface area contributed by atoms with Gasteiger partial charge < -0.3 is 9.30 Å². The summed E-state index contributed by atoms with van der Waals surface area (Å²) in [6.07, 6.45) is 1.57. The van der Waals surface area contributed by atoms with E-state index in [9.17, 15) is 22.4 Å². The molecule has 1 unspecified atom stereocenters. The SMILES string of the molecule is COC(=O)Cn1c(=NC(=O)C2CCCCN2S(=O)(=O)c2ccc(Cl)s2)sc2cccc(F)c21. The van der Waals surface area contributed by atoms with Crippen LogP contribution in [-0.4, -0.2) is 48.9 Å². The van der Waals surface area contributed by atoms with E-state index in [1.54, 1.807) is 6.07 Å². The van der Waals surface area contributed by atoms with E-state index in [-0.39, 0.29) is 27.6 Å². The van der Waals surface area contributed by atoms with Crippen LogP contribution in [0.15, 0.2) is 39.5 Å². The zero-order valence-corrected chi connectivity index (χ0v) is 20.6. The van der Waals surface area contributed by atoms with Crippen molar-refractivity contribution < 1.29 is 27.1 Å². The van der Waals surface area contributed by atoms with Crippen LogP contribution in [0.25, 0.3) is 10.2 Å². The van der Waals surface area contributed by atoms with Gasteiger partial charge in [0.05, 0.1) is 21.7 Å². The molecule has 0 aliphatic carbocycles. The molecule has 2 aromatic heterocycles. The summed E-state index contributed by atoms with van der Waals surface area (Å²) in [4.78, 5) is 29.4. The summed E-state index contributed by atoms with van der Waals surface area (Å²) in [6.45, 7) is -0.170. The van der Waals surface area contributed by atoms with E-state index in [4.69, 9.17) is 16.3 Å². The van der Waals surface area contributed by atoms with Crippen molar-refractivity contribution >= 4 is 66.4 Å². The van der Waals surface area contributed by atoms with Gasteiger partial charge in [0.2, 0.25) is 0 Å². The molecule has 8 nitrogen and oxygen atoms in total. The molecule has 1 atom stereocenters. The van der Waals surface area contributed by atoms with Crippen molar-refractivity contribution in [2.45, 2.75) is 36.1 Å². The van der Waals surface area contributed by atoms with Crippen molar-refractivity contribution in [2.24, 2.45) is 4.99 Å². The number of carbonyl (C=O) groups excluding carboxylic acids is 2. The second-order valence-corrected chi connectivity index (χ2v) is 12.1. The molecule has 0 radical (unpaired) electrons. The molecule has 1 amide bonds. The maximum atomic E-state index is 14.5. The van der Waals surface area contributed by atoms with Crippen LogP contribution >= 0.6 is 34.3 Å². The standard InChI is InChI=1S/C20H19ClFN3O5S3/c1-30-16(26)11-24-18-12(22)5-4-7-14(18)31-20(24)23-19(27)13-6-2-3-10-25(13)33(28,29)17-9-8-15(21)32-17/h4-5,7-9,13H,2-3,6,10-11H2,1H3. The zero-order valence-electron chi connectivity index (χ0n) is 17.4. The van der Waals surface area contributed by atoms with Crippen LogP contribution in [0.2, 0.25) is 4.34 Å². The van der Waals surface area contributed by atoms with E-state index >= 15 is 0 Å². The van der Waals surface area contributed by atoms with Crippen molar-refractivity contribution in [3.05, 3.63) is 45.3 Å². The highest BCUT2D eigenvalue weighted by Gasteiger charge is 2.38. The lowest BCUT2D eigenvalue weighted by Gasteiger charge is -2.31. The number of carbonyl (C=O) groups is 2. The molecule has 13 heteroatoms. The van der Waals surface area contributed by atoms with Gasteiger partial charge in [0.25, 0.3) is 15.9 Å². The van der Waals surface area contributed by atoms with Crippen LogP contribution in [0.5, 0.6) is 0 Å². The van der Waals surface area contributed by atoms with Crippen molar-refractivity contribution in [3.8, 4) is 0 Å². The minimum Gasteiger partial charge on any atom is -0.468 e. The number of esters is 1. The fraction of sp³-hybridized carbons (Fsp3) is 0.350. The highest BCUT2D eigenvalue weighted by molar-refractivity contribution is 7.91. The van der Waals surface area contributed by atoms with Crippen molar-refractivity contribution in [1.29, 1.82) is 0 Å². The second-order valence-electron chi connectivity index (χ2n) is 7.27. The number of nitrogens with zero attached hydrogens (tertiary/aromatic N) is 3. The summed E-state index contributed by atoms with van der Waals surface area (Å²) < 4.78 is 48.9. The van der Waals surface area contributed by atoms with E-state index in [1.165, 1.54) is 35.9 Å². The molecule has 1 saturated heterocycles. The van der Waals surface area contributed by atoms with E-state index in [0.29, 0.717) is 28.3 Å². The number of thiophene rings is 1. The van der Waals surface area contributed by atoms with Crippen LogP contribution < -0.4 is 4.80 Å². The number of rotatable bonds is 5. The largest absolute Gasteiger partial charge is 0.468 e. The molecule has 1 aliphatic rings. The minimum atomic E-state index is -3.94. The predicted octanol–water partition coefficient (Wildman–Crippen LogP) is 3.40. The molecule has 0 spiro atoms. The van der Waals surface area contributed by atoms with Gasteiger partial charge in [0.1, 0.15) is 22.6 Å².